The Hall–Kier alpha value is -4.88. The number of amides is 1. The summed E-state index contributed by atoms with van der Waals surface area (Å²) in [6.45, 7) is 11.1. The molecule has 6 bridgehead atoms. The number of carbonyl (C=O) groups is 1. The van der Waals surface area contributed by atoms with Gasteiger partial charge in [0.05, 0.1) is 41.7 Å². The summed E-state index contributed by atoms with van der Waals surface area (Å²) in [7, 11) is -0.524. The van der Waals surface area contributed by atoms with E-state index < -0.39 is 10.0 Å². The minimum Gasteiger partial charge on any atom is -0.475 e. The summed E-state index contributed by atoms with van der Waals surface area (Å²) < 4.78 is 44.5. The van der Waals surface area contributed by atoms with E-state index in [0.29, 0.717) is 23.6 Å². The Morgan fingerprint density at radius 1 is 1.02 bits per heavy atom. The van der Waals surface area contributed by atoms with Gasteiger partial charge in [-0.15, -0.1) is 0 Å². The first-order chi connectivity index (χ1) is 25.6. The maximum absolute atomic E-state index is 14.8. The van der Waals surface area contributed by atoms with Crippen molar-refractivity contribution in [3.63, 3.8) is 0 Å². The highest BCUT2D eigenvalue weighted by Gasteiger charge is 2.57. The number of benzene rings is 2. The molecule has 0 saturated heterocycles. The number of nitrogens with zero attached hydrogens (tertiary/aromatic N) is 6. The third-order valence-electron chi connectivity index (χ3n) is 11.4. The average Bonchev–Trinajstić information content (AvgIpc) is 3.36. The minimum atomic E-state index is -4.19. The fraction of sp³-hybridized carbons (Fsp3) is 0.439. The molecule has 1 aliphatic heterocycles. The van der Waals surface area contributed by atoms with Crippen LogP contribution in [0.15, 0.2) is 59.6 Å². The highest BCUT2D eigenvalue weighted by Crippen LogP contribution is 2.67. The van der Waals surface area contributed by atoms with E-state index in [1.165, 1.54) is 12.1 Å². The summed E-state index contributed by atoms with van der Waals surface area (Å²) in [5, 5.41) is 0. The first-order valence-corrected chi connectivity index (χ1v) is 20.0. The zero-order chi connectivity index (χ0) is 38.2. The summed E-state index contributed by atoms with van der Waals surface area (Å²) in [5.41, 5.74) is 7.73. The molecular weight excluding hydrogens is 703 g/mol. The Labute approximate surface area is 316 Å². The van der Waals surface area contributed by atoms with Crippen LogP contribution in [0.25, 0.3) is 22.4 Å². The molecule has 3 aromatic heterocycles. The Bertz CT molecular complexity index is 2380. The second-order valence-corrected chi connectivity index (χ2v) is 18.2. The molecule has 3 saturated carbocycles. The number of hydrogen-bond donors (Lipinski definition) is 1. The smallest absolute Gasteiger partial charge is 0.264 e. The van der Waals surface area contributed by atoms with Crippen LogP contribution in [0.1, 0.15) is 84.9 Å². The van der Waals surface area contributed by atoms with Gasteiger partial charge in [0.1, 0.15) is 12.1 Å². The lowest BCUT2D eigenvalue weighted by molar-refractivity contribution is -0.126. The van der Waals surface area contributed by atoms with Gasteiger partial charge >= 0.3 is 0 Å². The molecule has 4 aliphatic rings. The first kappa shape index (κ1) is 36.1. The van der Waals surface area contributed by atoms with Gasteiger partial charge in [0, 0.05) is 48.0 Å². The zero-order valence-electron chi connectivity index (χ0n) is 31.9. The standard InChI is InChI=1S/C41H47N7O5S/c1-24-10-8-11-25(2)34(24)32-15-33-45-39(44-32)46-54(50,51)30-13-9-12-27(14-30)38(49)48(29(22-53-33)19-41-16-26(17-41)18-41)21-28-20-42-35-31(23-52-7)36(40(3,4)5)47(6)37(35)43-28/h8-15,20,26,29H,16-19,21-23H2,1-7H3,(H,44,45,46)/t26?,29-,41?/m1/s1. The molecule has 12 nitrogen and oxygen atoms in total. The van der Waals surface area contributed by atoms with Gasteiger partial charge in [0.2, 0.25) is 11.8 Å². The van der Waals surface area contributed by atoms with E-state index in [4.69, 9.17) is 19.4 Å². The van der Waals surface area contributed by atoms with Gasteiger partial charge in [-0.2, -0.15) is 4.98 Å². The minimum absolute atomic E-state index is 0.0718. The van der Waals surface area contributed by atoms with E-state index >= 15 is 0 Å². The third kappa shape index (κ3) is 6.40. The van der Waals surface area contributed by atoms with Crippen molar-refractivity contribution in [2.45, 2.75) is 89.8 Å². The molecule has 4 heterocycles. The normalized spacial score (nSPS) is 21.9. The fourth-order valence-corrected chi connectivity index (χ4v) is 10.0. The van der Waals surface area contributed by atoms with Gasteiger partial charge in [-0.25, -0.2) is 23.1 Å². The second-order valence-electron chi connectivity index (χ2n) is 16.5. The summed E-state index contributed by atoms with van der Waals surface area (Å²) >= 11 is 0. The van der Waals surface area contributed by atoms with Gasteiger partial charge in [-0.1, -0.05) is 45.0 Å². The molecule has 0 spiro atoms. The number of hydrogen-bond acceptors (Lipinski definition) is 9. The molecule has 2 aromatic carbocycles. The third-order valence-corrected chi connectivity index (χ3v) is 12.7. The number of carbonyl (C=O) groups excluding carboxylic acids is 1. The van der Waals surface area contributed by atoms with Crippen molar-refractivity contribution in [3.8, 4) is 17.1 Å². The number of rotatable bonds is 7. The molecule has 9 rings (SSSR count). The maximum atomic E-state index is 14.8. The summed E-state index contributed by atoms with van der Waals surface area (Å²) in [6, 6.07) is 13.5. The van der Waals surface area contributed by atoms with Crippen LogP contribution in [-0.2, 0) is 40.4 Å². The zero-order valence-corrected chi connectivity index (χ0v) is 32.7. The number of anilines is 1. The summed E-state index contributed by atoms with van der Waals surface area (Å²) in [6.07, 6.45) is 5.86. The Kier molecular flexibility index (Phi) is 8.80. The van der Waals surface area contributed by atoms with Crippen molar-refractivity contribution < 1.29 is 22.7 Å². The largest absolute Gasteiger partial charge is 0.475 e. The summed E-state index contributed by atoms with van der Waals surface area (Å²) in [5.74, 6) is 0.532. The summed E-state index contributed by atoms with van der Waals surface area (Å²) in [4.78, 5) is 35.8. The van der Waals surface area contributed by atoms with E-state index in [9.17, 15) is 13.2 Å². The van der Waals surface area contributed by atoms with Crippen LogP contribution in [0.3, 0.4) is 0 Å². The molecule has 54 heavy (non-hydrogen) atoms. The van der Waals surface area contributed by atoms with E-state index in [2.05, 4.69) is 40.0 Å². The van der Waals surface area contributed by atoms with Crippen molar-refractivity contribution >= 4 is 33.0 Å². The van der Waals surface area contributed by atoms with Crippen LogP contribution in [-0.4, -0.2) is 63.5 Å². The molecule has 1 amide bonds. The number of ether oxygens (including phenoxy) is 2. The van der Waals surface area contributed by atoms with Gasteiger partial charge < -0.3 is 18.9 Å². The van der Waals surface area contributed by atoms with Crippen LogP contribution in [0.4, 0.5) is 5.95 Å². The van der Waals surface area contributed by atoms with Gasteiger partial charge in [-0.3, -0.25) is 9.78 Å². The van der Waals surface area contributed by atoms with E-state index in [0.717, 1.165) is 65.1 Å². The number of aromatic nitrogens is 5. The van der Waals surface area contributed by atoms with E-state index in [1.807, 2.05) is 39.1 Å². The average molecular weight is 750 g/mol. The first-order valence-electron chi connectivity index (χ1n) is 18.5. The number of nitrogens with one attached hydrogen (secondary N) is 1. The SMILES string of the molecule is COCc1c(C(C)(C)C)n(C)c2nc(CN3C(=O)c4cccc(c4)S(=O)(=O)Nc4nc(cc(-c5c(C)cccc5C)n4)OC[C@H]3CC34CC(C3)C4)cnc12. The van der Waals surface area contributed by atoms with Crippen LogP contribution in [0.5, 0.6) is 5.88 Å². The lowest BCUT2D eigenvalue weighted by Gasteiger charge is -2.63. The number of sulfonamides is 1. The van der Waals surface area contributed by atoms with Crippen molar-refractivity contribution in [3.05, 3.63) is 88.4 Å². The molecule has 3 aliphatic carbocycles. The topological polar surface area (TPSA) is 141 Å². The Morgan fingerprint density at radius 2 is 1.74 bits per heavy atom. The molecular formula is C41H47N7O5S. The molecule has 1 atom stereocenters. The highest BCUT2D eigenvalue weighted by molar-refractivity contribution is 7.92. The van der Waals surface area contributed by atoms with Crippen molar-refractivity contribution in [2.75, 3.05) is 18.4 Å². The lowest BCUT2D eigenvalue weighted by atomic mass is 9.43. The molecule has 13 heteroatoms. The predicted molar refractivity (Wildman–Crippen MR) is 206 cm³/mol. The maximum Gasteiger partial charge on any atom is 0.264 e. The Balaban J connectivity index is 1.25. The van der Waals surface area contributed by atoms with Crippen molar-refractivity contribution in [1.82, 2.24) is 29.4 Å². The fourth-order valence-electron chi connectivity index (χ4n) is 9.02. The molecule has 3 fully saturated rings. The van der Waals surface area contributed by atoms with Crippen LogP contribution < -0.4 is 9.46 Å². The number of fused-ring (bicyclic) bond motifs is 5. The molecule has 282 valence electrons. The van der Waals surface area contributed by atoms with Gasteiger partial charge in [-0.05, 0) is 80.2 Å². The molecule has 0 unspecified atom stereocenters. The van der Waals surface area contributed by atoms with Crippen LogP contribution >= 0.6 is 0 Å². The lowest BCUT2D eigenvalue weighted by Crippen LogP contribution is -2.56. The predicted octanol–water partition coefficient (Wildman–Crippen LogP) is 6.88. The number of methoxy groups -OCH3 is 1. The number of aryl methyl sites for hydroxylation is 3. The van der Waals surface area contributed by atoms with E-state index in [1.54, 1.807) is 36.4 Å². The molecule has 1 N–H and O–H groups in total. The quantitative estimate of drug-likeness (QED) is 0.189. The van der Waals surface area contributed by atoms with Crippen molar-refractivity contribution in [1.29, 1.82) is 0 Å². The van der Waals surface area contributed by atoms with Gasteiger partial charge in [0.15, 0.2) is 5.65 Å². The monoisotopic (exact) mass is 749 g/mol. The van der Waals surface area contributed by atoms with Crippen LogP contribution in [0.2, 0.25) is 0 Å². The van der Waals surface area contributed by atoms with Crippen molar-refractivity contribution in [2.24, 2.45) is 18.4 Å². The van der Waals surface area contributed by atoms with Gasteiger partial charge in [0.25, 0.3) is 15.9 Å². The van der Waals surface area contributed by atoms with E-state index in [-0.39, 0.29) is 58.2 Å². The molecule has 5 aromatic rings. The second kappa shape index (κ2) is 13.2. The van der Waals surface area contributed by atoms with Crippen LogP contribution in [0, 0.1) is 25.2 Å². The molecule has 0 radical (unpaired) electrons. The Morgan fingerprint density at radius 3 is 2.41 bits per heavy atom. The highest BCUT2D eigenvalue weighted by atomic mass is 32.2.